The minimum atomic E-state index is -0.284. The van der Waals surface area contributed by atoms with Crippen molar-refractivity contribution in [1.82, 2.24) is 0 Å². The van der Waals surface area contributed by atoms with E-state index in [0.717, 1.165) is 40.5 Å². The number of halogens is 4. The van der Waals surface area contributed by atoms with E-state index in [1.807, 2.05) is 0 Å². The first-order valence-corrected chi connectivity index (χ1v) is 13.5. The van der Waals surface area contributed by atoms with E-state index < -0.39 is 0 Å². The molecule has 0 aliphatic carbocycles. The minimum absolute atomic E-state index is 0.284. The lowest BCUT2D eigenvalue weighted by molar-refractivity contribution is 0.120. The molecule has 0 aliphatic heterocycles. The van der Waals surface area contributed by atoms with Crippen LogP contribution in [0.15, 0.2) is 67.5 Å². The third kappa shape index (κ3) is 8.22. The second kappa shape index (κ2) is 14.0. The summed E-state index contributed by atoms with van der Waals surface area (Å²) in [6.07, 6.45) is 3.44. The lowest BCUT2D eigenvalue weighted by Crippen LogP contribution is -2.20. The first-order valence-electron chi connectivity index (χ1n) is 10.3. The van der Waals surface area contributed by atoms with Crippen LogP contribution in [0.4, 0.5) is 0 Å². The van der Waals surface area contributed by atoms with Crippen LogP contribution in [0.1, 0.15) is 25.0 Å². The molecule has 0 saturated carbocycles. The average molecular weight is 712 g/mol. The van der Waals surface area contributed by atoms with Gasteiger partial charge in [-0.2, -0.15) is 0 Å². The summed E-state index contributed by atoms with van der Waals surface area (Å²) in [5.41, 5.74) is 1.97. The fourth-order valence-electron chi connectivity index (χ4n) is 3.02. The normalized spacial score (nSPS) is 11.3. The summed E-state index contributed by atoms with van der Waals surface area (Å²) in [4.78, 5) is 0. The van der Waals surface area contributed by atoms with Crippen molar-refractivity contribution in [3.8, 4) is 11.5 Å². The largest absolute Gasteiger partial charge is 0.489 e. The van der Waals surface area contributed by atoms with E-state index in [1.54, 1.807) is 12.2 Å². The average Bonchev–Trinajstić information content (AvgIpc) is 2.76. The Kier molecular flexibility index (Phi) is 12.2. The number of rotatable bonds is 14. The van der Waals surface area contributed by atoms with Gasteiger partial charge in [0.15, 0.2) is 0 Å². The second-order valence-electron chi connectivity index (χ2n) is 7.59. The summed E-state index contributed by atoms with van der Waals surface area (Å²) >= 11 is 14.7. The smallest absolute Gasteiger partial charge is 0.147 e. The fourth-order valence-corrected chi connectivity index (χ4v) is 5.85. The van der Waals surface area contributed by atoms with Gasteiger partial charge in [0.1, 0.15) is 24.7 Å². The zero-order valence-electron chi connectivity index (χ0n) is 18.8. The van der Waals surface area contributed by atoms with Crippen LogP contribution in [0.25, 0.3) is 0 Å². The predicted molar refractivity (Wildman–Crippen MR) is 149 cm³/mol. The zero-order chi connectivity index (χ0) is 24.4. The molecular weight excluding hydrogens is 684 g/mol. The molecule has 0 bridgehead atoms. The summed E-state index contributed by atoms with van der Waals surface area (Å²) in [7, 11) is 0. The Morgan fingerprint density at radius 1 is 0.667 bits per heavy atom. The number of ether oxygens (including phenoxy) is 4. The van der Waals surface area contributed by atoms with Crippen molar-refractivity contribution >= 4 is 63.7 Å². The van der Waals surface area contributed by atoms with E-state index >= 15 is 0 Å². The summed E-state index contributed by atoms with van der Waals surface area (Å²) in [6.45, 7) is 14.6. The molecule has 180 valence electrons. The van der Waals surface area contributed by atoms with E-state index in [1.165, 1.54) is 0 Å². The van der Waals surface area contributed by atoms with Crippen LogP contribution in [-0.2, 0) is 14.9 Å². The molecular formula is C25H28Br4O4. The molecule has 0 radical (unpaired) electrons. The van der Waals surface area contributed by atoms with Gasteiger partial charge in [-0.15, -0.1) is 13.2 Å². The lowest BCUT2D eigenvalue weighted by atomic mass is 9.78. The molecule has 0 N–H and O–H groups in total. The lowest BCUT2D eigenvalue weighted by Gasteiger charge is -2.28. The second-order valence-corrected chi connectivity index (χ2v) is 11.0. The SMILES string of the molecule is C=CCOCCOc1c(Br)cc(C(C)(C)c2cc(Br)c(OCCOCC=C)c(Br)c2)cc1Br. The molecule has 0 aromatic heterocycles. The van der Waals surface area contributed by atoms with Crippen molar-refractivity contribution in [2.24, 2.45) is 0 Å². The summed E-state index contributed by atoms with van der Waals surface area (Å²) in [5, 5.41) is 0. The van der Waals surface area contributed by atoms with Gasteiger partial charge in [0.05, 0.1) is 44.3 Å². The third-order valence-corrected chi connectivity index (χ3v) is 7.22. The van der Waals surface area contributed by atoms with Crippen LogP contribution < -0.4 is 9.47 Å². The van der Waals surface area contributed by atoms with Gasteiger partial charge in [-0.1, -0.05) is 26.0 Å². The Bertz CT molecular complexity index is 838. The summed E-state index contributed by atoms with van der Waals surface area (Å²) in [5.74, 6) is 1.50. The standard InChI is InChI=1S/C25H28Br4O4/c1-5-7-30-9-11-32-23-19(26)13-17(14-20(23)27)25(3,4)18-15-21(28)24(22(29)16-18)33-12-10-31-8-6-2/h5-6,13-16H,1-2,7-12H2,3-4H3. The Labute approximate surface area is 230 Å². The first kappa shape index (κ1) is 28.6. The minimum Gasteiger partial charge on any atom is -0.489 e. The van der Waals surface area contributed by atoms with Gasteiger partial charge in [0.25, 0.3) is 0 Å². The topological polar surface area (TPSA) is 36.9 Å². The molecule has 4 nitrogen and oxygen atoms in total. The third-order valence-electron chi connectivity index (χ3n) is 4.86. The molecule has 0 spiro atoms. The molecule has 0 unspecified atom stereocenters. The number of benzene rings is 2. The Morgan fingerprint density at radius 2 is 1.00 bits per heavy atom. The molecule has 0 fully saturated rings. The maximum absolute atomic E-state index is 5.90. The van der Waals surface area contributed by atoms with E-state index in [2.05, 4.69) is 115 Å². The monoisotopic (exact) mass is 708 g/mol. The van der Waals surface area contributed by atoms with Gasteiger partial charge in [0, 0.05) is 5.41 Å². The first-order chi connectivity index (χ1) is 15.7. The Balaban J connectivity index is 2.19. The highest BCUT2D eigenvalue weighted by molar-refractivity contribution is 9.11. The highest BCUT2D eigenvalue weighted by Crippen LogP contribution is 2.44. The number of hydrogen-bond donors (Lipinski definition) is 0. The maximum Gasteiger partial charge on any atom is 0.147 e. The van der Waals surface area contributed by atoms with Crippen molar-refractivity contribution in [3.63, 3.8) is 0 Å². The van der Waals surface area contributed by atoms with Crippen LogP contribution >= 0.6 is 63.7 Å². The van der Waals surface area contributed by atoms with Gasteiger partial charge in [-0.25, -0.2) is 0 Å². The van der Waals surface area contributed by atoms with Crippen molar-refractivity contribution in [1.29, 1.82) is 0 Å². The molecule has 0 saturated heterocycles. The van der Waals surface area contributed by atoms with Gasteiger partial charge >= 0.3 is 0 Å². The highest BCUT2D eigenvalue weighted by Gasteiger charge is 2.27. The molecule has 2 aromatic carbocycles. The quantitative estimate of drug-likeness (QED) is 0.146. The van der Waals surface area contributed by atoms with Crippen LogP contribution in [-0.4, -0.2) is 39.6 Å². The van der Waals surface area contributed by atoms with Crippen molar-refractivity contribution < 1.29 is 18.9 Å². The van der Waals surface area contributed by atoms with Crippen LogP contribution in [0.2, 0.25) is 0 Å². The van der Waals surface area contributed by atoms with E-state index in [0.29, 0.717) is 39.6 Å². The highest BCUT2D eigenvalue weighted by atomic mass is 79.9. The fraction of sp³-hybridized carbons (Fsp3) is 0.360. The molecule has 2 aromatic rings. The Morgan fingerprint density at radius 3 is 1.30 bits per heavy atom. The zero-order valence-corrected chi connectivity index (χ0v) is 25.1. The molecule has 33 heavy (non-hydrogen) atoms. The van der Waals surface area contributed by atoms with Gasteiger partial charge in [-0.3, -0.25) is 0 Å². The molecule has 2 rings (SSSR count). The van der Waals surface area contributed by atoms with Crippen LogP contribution in [0.5, 0.6) is 11.5 Å². The van der Waals surface area contributed by atoms with Crippen LogP contribution in [0.3, 0.4) is 0 Å². The van der Waals surface area contributed by atoms with Gasteiger partial charge in [-0.05, 0) is 99.1 Å². The maximum atomic E-state index is 5.90. The summed E-state index contributed by atoms with van der Waals surface area (Å²) < 4.78 is 26.1. The summed E-state index contributed by atoms with van der Waals surface area (Å²) in [6, 6.07) is 8.36. The van der Waals surface area contributed by atoms with E-state index in [-0.39, 0.29) is 5.41 Å². The van der Waals surface area contributed by atoms with Gasteiger partial charge < -0.3 is 18.9 Å². The molecule has 8 heteroatoms. The van der Waals surface area contributed by atoms with Crippen LogP contribution in [0, 0.1) is 0 Å². The van der Waals surface area contributed by atoms with Crippen molar-refractivity contribution in [3.05, 3.63) is 78.6 Å². The molecule has 0 atom stereocenters. The molecule has 0 aliphatic rings. The number of hydrogen-bond acceptors (Lipinski definition) is 4. The van der Waals surface area contributed by atoms with E-state index in [4.69, 9.17) is 18.9 Å². The van der Waals surface area contributed by atoms with Crippen molar-refractivity contribution in [2.45, 2.75) is 19.3 Å². The Hall–Kier alpha value is -0.640. The predicted octanol–water partition coefficient (Wildman–Crippen LogP) is 8.23. The van der Waals surface area contributed by atoms with Gasteiger partial charge in [0.2, 0.25) is 0 Å². The molecule has 0 amide bonds. The van der Waals surface area contributed by atoms with Crippen molar-refractivity contribution in [2.75, 3.05) is 39.6 Å². The van der Waals surface area contributed by atoms with E-state index in [9.17, 15) is 0 Å². The molecule has 0 heterocycles.